The third kappa shape index (κ3) is 7.70. The smallest absolute Gasteiger partial charge is 0.416 e. The lowest BCUT2D eigenvalue weighted by Gasteiger charge is -2.29. The SMILES string of the molecule is COCCOCOc1ccc(N2CCc3cc(-c4cc(C(F)(F)F)c(C)c(S(C)(=O)=O)c4)ccc3C2=O)cc1NS(C)(=O)=O. The Balaban J connectivity index is 1.66. The highest BCUT2D eigenvalue weighted by atomic mass is 32.2. The number of sulfonamides is 1. The van der Waals surface area contributed by atoms with Gasteiger partial charge in [-0.05, 0) is 72.0 Å². The first-order valence-electron chi connectivity index (χ1n) is 13.2. The Hall–Kier alpha value is -3.66. The first-order chi connectivity index (χ1) is 20.5. The van der Waals surface area contributed by atoms with E-state index in [1.54, 1.807) is 12.1 Å². The molecule has 44 heavy (non-hydrogen) atoms. The van der Waals surface area contributed by atoms with Crippen molar-refractivity contribution in [2.75, 3.05) is 55.8 Å². The summed E-state index contributed by atoms with van der Waals surface area (Å²) in [6.45, 7) is 1.74. The molecular weight excluding hydrogens is 625 g/mol. The van der Waals surface area contributed by atoms with Crippen molar-refractivity contribution in [3.63, 3.8) is 0 Å². The normalized spacial score (nSPS) is 14.0. The number of ether oxygens (including phenoxy) is 3. The molecule has 3 aromatic rings. The Labute approximate surface area is 253 Å². The number of hydrogen-bond acceptors (Lipinski definition) is 8. The van der Waals surface area contributed by atoms with Crippen molar-refractivity contribution in [3.8, 4) is 16.9 Å². The van der Waals surface area contributed by atoms with Gasteiger partial charge in [0, 0.05) is 31.2 Å². The zero-order valence-corrected chi connectivity index (χ0v) is 26.0. The standard InChI is InChI=1S/C29H31F3N2O8S2/c1-18-24(29(30,31)32)14-21(15-27(18)43(3,36)37)19-5-7-23-20(13-19)9-10-34(28(23)35)22-6-8-26(42-17-41-12-11-40-2)25(16-22)33-44(4,38)39/h5-8,13-16,33H,9-12,17H2,1-4H3. The second-order valence-electron chi connectivity index (χ2n) is 10.2. The second-order valence-corrected chi connectivity index (χ2v) is 13.9. The number of sulfone groups is 1. The van der Waals surface area contributed by atoms with Gasteiger partial charge in [-0.3, -0.25) is 9.52 Å². The fourth-order valence-corrected chi connectivity index (χ4v) is 6.41. The molecule has 0 saturated carbocycles. The number of fused-ring (bicyclic) bond motifs is 1. The summed E-state index contributed by atoms with van der Waals surface area (Å²) in [5.41, 5.74) is 0.298. The molecular formula is C29H31F3N2O8S2. The zero-order chi connectivity index (χ0) is 32.4. The molecule has 1 amide bonds. The molecule has 1 aliphatic heterocycles. The van der Waals surface area contributed by atoms with E-state index < -0.39 is 42.4 Å². The number of nitrogens with one attached hydrogen (secondary N) is 1. The first kappa shape index (κ1) is 33.2. The first-order valence-corrected chi connectivity index (χ1v) is 17.0. The molecule has 0 fully saturated rings. The van der Waals surface area contributed by atoms with Crippen LogP contribution in [-0.2, 0) is 41.9 Å². The Morgan fingerprint density at radius 2 is 1.68 bits per heavy atom. The molecule has 0 aliphatic carbocycles. The lowest BCUT2D eigenvalue weighted by Crippen LogP contribution is -2.37. The maximum absolute atomic E-state index is 13.8. The highest BCUT2D eigenvalue weighted by Crippen LogP contribution is 2.39. The summed E-state index contributed by atoms with van der Waals surface area (Å²) >= 11 is 0. The summed E-state index contributed by atoms with van der Waals surface area (Å²) < 4.78 is 108. The minimum atomic E-state index is -4.77. The fourth-order valence-electron chi connectivity index (χ4n) is 4.85. The molecule has 0 bridgehead atoms. The summed E-state index contributed by atoms with van der Waals surface area (Å²) in [5, 5.41) is 0. The van der Waals surface area contributed by atoms with Gasteiger partial charge in [-0.2, -0.15) is 13.2 Å². The number of amides is 1. The van der Waals surface area contributed by atoms with Gasteiger partial charge in [0.2, 0.25) is 10.0 Å². The van der Waals surface area contributed by atoms with Crippen molar-refractivity contribution >= 4 is 37.1 Å². The number of anilines is 2. The average Bonchev–Trinajstić information content (AvgIpc) is 2.91. The number of carbonyl (C=O) groups is 1. The van der Waals surface area contributed by atoms with Crippen LogP contribution in [0.4, 0.5) is 24.5 Å². The molecule has 0 unspecified atom stereocenters. The molecule has 0 radical (unpaired) electrons. The Morgan fingerprint density at radius 3 is 2.32 bits per heavy atom. The quantitative estimate of drug-likeness (QED) is 0.233. The predicted molar refractivity (Wildman–Crippen MR) is 158 cm³/mol. The van der Waals surface area contributed by atoms with Gasteiger partial charge in [0.15, 0.2) is 16.6 Å². The van der Waals surface area contributed by atoms with Crippen molar-refractivity contribution in [1.82, 2.24) is 0 Å². The maximum Gasteiger partial charge on any atom is 0.416 e. The van der Waals surface area contributed by atoms with Gasteiger partial charge in [0.25, 0.3) is 5.91 Å². The van der Waals surface area contributed by atoms with Crippen LogP contribution < -0.4 is 14.4 Å². The van der Waals surface area contributed by atoms with Crippen LogP contribution >= 0.6 is 0 Å². The number of benzene rings is 3. The van der Waals surface area contributed by atoms with Crippen LogP contribution in [0.2, 0.25) is 0 Å². The van der Waals surface area contributed by atoms with E-state index in [2.05, 4.69) is 4.72 Å². The van der Waals surface area contributed by atoms with E-state index >= 15 is 0 Å². The number of halogens is 3. The monoisotopic (exact) mass is 656 g/mol. The van der Waals surface area contributed by atoms with E-state index in [1.165, 1.54) is 42.3 Å². The van der Waals surface area contributed by atoms with Crippen LogP contribution in [0.5, 0.6) is 5.75 Å². The lowest BCUT2D eigenvalue weighted by molar-refractivity contribution is -0.138. The largest absolute Gasteiger partial charge is 0.465 e. The van der Waals surface area contributed by atoms with Crippen molar-refractivity contribution in [1.29, 1.82) is 0 Å². The third-order valence-corrected chi connectivity index (χ3v) is 8.70. The molecule has 3 aromatic carbocycles. The molecule has 10 nitrogen and oxygen atoms in total. The molecule has 1 aliphatic rings. The molecule has 15 heteroatoms. The molecule has 4 rings (SSSR count). The van der Waals surface area contributed by atoms with Gasteiger partial charge in [-0.1, -0.05) is 12.1 Å². The van der Waals surface area contributed by atoms with E-state index in [0.717, 1.165) is 25.5 Å². The molecule has 1 heterocycles. The van der Waals surface area contributed by atoms with Crippen LogP contribution in [0.1, 0.15) is 27.0 Å². The van der Waals surface area contributed by atoms with Gasteiger partial charge >= 0.3 is 6.18 Å². The number of rotatable bonds is 11. The van der Waals surface area contributed by atoms with Gasteiger partial charge < -0.3 is 19.1 Å². The molecule has 238 valence electrons. The molecule has 1 N–H and O–H groups in total. The zero-order valence-electron chi connectivity index (χ0n) is 24.3. The molecule has 0 aromatic heterocycles. The summed E-state index contributed by atoms with van der Waals surface area (Å²) in [6, 6.07) is 11.2. The number of alkyl halides is 3. The summed E-state index contributed by atoms with van der Waals surface area (Å²) in [5.74, 6) is -0.229. The number of hydrogen-bond donors (Lipinski definition) is 1. The lowest BCUT2D eigenvalue weighted by atomic mass is 9.92. The molecule has 0 saturated heterocycles. The minimum absolute atomic E-state index is 0.0549. The van der Waals surface area contributed by atoms with Gasteiger partial charge in [0.05, 0.1) is 35.6 Å². The second kappa shape index (κ2) is 12.8. The number of carbonyl (C=O) groups excluding carboxylic acids is 1. The van der Waals surface area contributed by atoms with Crippen molar-refractivity contribution in [3.05, 3.63) is 70.8 Å². The Morgan fingerprint density at radius 1 is 0.955 bits per heavy atom. The highest BCUT2D eigenvalue weighted by Gasteiger charge is 2.35. The van der Waals surface area contributed by atoms with Gasteiger partial charge in [-0.15, -0.1) is 0 Å². The topological polar surface area (TPSA) is 128 Å². The summed E-state index contributed by atoms with van der Waals surface area (Å²) in [6.07, 6.45) is -2.62. The summed E-state index contributed by atoms with van der Waals surface area (Å²) in [4.78, 5) is 14.6. The van der Waals surface area contributed by atoms with Gasteiger partial charge in [0.1, 0.15) is 5.75 Å². The molecule has 0 atom stereocenters. The van der Waals surface area contributed by atoms with Crippen LogP contribution in [0.25, 0.3) is 11.1 Å². The van der Waals surface area contributed by atoms with E-state index in [4.69, 9.17) is 14.2 Å². The number of methoxy groups -OCH3 is 1. The Bertz CT molecular complexity index is 1790. The number of nitrogens with zero attached hydrogens (tertiary/aromatic N) is 1. The van der Waals surface area contributed by atoms with E-state index in [0.29, 0.717) is 35.4 Å². The highest BCUT2D eigenvalue weighted by molar-refractivity contribution is 7.92. The average molecular weight is 657 g/mol. The van der Waals surface area contributed by atoms with Crippen molar-refractivity contribution in [2.24, 2.45) is 0 Å². The predicted octanol–water partition coefficient (Wildman–Crippen LogP) is 4.66. The van der Waals surface area contributed by atoms with Gasteiger partial charge in [-0.25, -0.2) is 16.8 Å². The third-order valence-electron chi connectivity index (χ3n) is 6.88. The summed E-state index contributed by atoms with van der Waals surface area (Å²) in [7, 11) is -6.15. The van der Waals surface area contributed by atoms with Crippen molar-refractivity contribution in [2.45, 2.75) is 24.4 Å². The van der Waals surface area contributed by atoms with Crippen molar-refractivity contribution < 1.29 is 49.0 Å². The van der Waals surface area contributed by atoms with Crippen LogP contribution in [-0.4, -0.2) is 68.9 Å². The maximum atomic E-state index is 13.8. The molecule has 0 spiro atoms. The minimum Gasteiger partial charge on any atom is -0.465 e. The van der Waals surface area contributed by atoms with Crippen LogP contribution in [0, 0.1) is 6.92 Å². The fraction of sp³-hybridized carbons (Fsp3) is 0.345. The van der Waals surface area contributed by atoms with E-state index in [1.807, 2.05) is 0 Å². The van der Waals surface area contributed by atoms with Crippen LogP contribution in [0.3, 0.4) is 0 Å². The van der Waals surface area contributed by atoms with E-state index in [9.17, 15) is 34.8 Å². The van der Waals surface area contributed by atoms with Crippen LogP contribution in [0.15, 0.2) is 53.4 Å². The Kier molecular flexibility index (Phi) is 9.63. The van der Waals surface area contributed by atoms with E-state index in [-0.39, 0.29) is 42.5 Å².